The molecule has 0 radical (unpaired) electrons. The first-order chi connectivity index (χ1) is 64.9. The van der Waals surface area contributed by atoms with Crippen LogP contribution in [0.3, 0.4) is 0 Å². The van der Waals surface area contributed by atoms with Crippen LogP contribution in [0.2, 0.25) is 0 Å². The number of piperazine rings is 2. The summed E-state index contributed by atoms with van der Waals surface area (Å²) < 4.78 is 26.5. The number of carbonyl (C=O) groups excluding carboxylic acids is 8. The number of halogens is 2. The van der Waals surface area contributed by atoms with E-state index in [0.29, 0.717) is 61.9 Å². The Balaban J connectivity index is 0.000000275. The fraction of sp³-hybridized carbons (Fsp3) is 0.764. The molecular formula is C110H192F2N16O8. The number of hydrogen-bond acceptors (Lipinski definition) is 16. The summed E-state index contributed by atoms with van der Waals surface area (Å²) in [7, 11) is 2.18. The molecule has 1 aliphatic carbocycles. The van der Waals surface area contributed by atoms with Gasteiger partial charge in [-0.25, -0.2) is 8.78 Å². The Kier molecular flexibility index (Phi) is 58.8. The SMILES string of the molecule is CC(C)C(=O)N1CCC(N2CCCCC2)CC1.CC(C)C(=O)N1CCN(c2ccc(F)cc2)CC1.CC(C)C(=O)N1CCN(c2ccccc2F)CC1.CC(C)C(=O)NC1CCN(Cc2ccccc2)CC1.CC(C)C(=O)NCCCN1C(C)CCCC1C.CC(C)C(=O)NCCCN1CCCCCC1.CC(C)C(=O)NCCN(C)C1CCCCC1.CC(C)C(=O)NCCN1CCCCC1C. The van der Waals surface area contributed by atoms with Crippen molar-refractivity contribution in [2.75, 3.05) is 180 Å². The molecule has 9 fully saturated rings. The van der Waals surface area contributed by atoms with Crippen LogP contribution in [-0.4, -0.2) is 298 Å². The van der Waals surface area contributed by atoms with Gasteiger partial charge in [-0.1, -0.05) is 205 Å². The number of carbonyl (C=O) groups is 8. The molecule has 8 heterocycles. The van der Waals surface area contributed by atoms with Crippen molar-refractivity contribution in [2.45, 2.75) is 328 Å². The number of nitrogens with zero attached hydrogens (tertiary/aromatic N) is 11. The van der Waals surface area contributed by atoms with Gasteiger partial charge in [0.05, 0.1) is 5.69 Å². The van der Waals surface area contributed by atoms with Crippen molar-refractivity contribution in [1.29, 1.82) is 0 Å². The molecule has 9 aliphatic rings. The van der Waals surface area contributed by atoms with Gasteiger partial charge in [0.1, 0.15) is 11.6 Å². The van der Waals surface area contributed by atoms with Crippen LogP contribution in [0.5, 0.6) is 0 Å². The second kappa shape index (κ2) is 67.1. The first-order valence-corrected chi connectivity index (χ1v) is 53.6. The average Bonchev–Trinajstić information content (AvgIpc) is 0.890. The number of likely N-dealkylation sites (tertiary alicyclic amines) is 6. The van der Waals surface area contributed by atoms with Crippen molar-refractivity contribution in [2.24, 2.45) is 47.3 Å². The maximum atomic E-state index is 13.6. The highest BCUT2D eigenvalue weighted by atomic mass is 19.1. The third-order valence-electron chi connectivity index (χ3n) is 28.1. The first kappa shape index (κ1) is 119. The van der Waals surface area contributed by atoms with Crippen LogP contribution in [0.25, 0.3) is 0 Å². The molecule has 3 aromatic rings. The summed E-state index contributed by atoms with van der Waals surface area (Å²) >= 11 is 0. The van der Waals surface area contributed by atoms with Gasteiger partial charge < -0.3 is 65.8 Å². The molecule has 26 heteroatoms. The number of piperidine rings is 5. The van der Waals surface area contributed by atoms with Crippen molar-refractivity contribution in [1.82, 2.24) is 70.7 Å². The van der Waals surface area contributed by atoms with E-state index >= 15 is 0 Å². The maximum absolute atomic E-state index is 13.6. The minimum absolute atomic E-state index is 0.0324. The summed E-state index contributed by atoms with van der Waals surface area (Å²) in [5.74, 6) is 1.92. The number of benzene rings is 3. The van der Waals surface area contributed by atoms with E-state index in [1.165, 1.54) is 185 Å². The number of amides is 8. The molecule has 136 heavy (non-hydrogen) atoms. The van der Waals surface area contributed by atoms with E-state index in [4.69, 9.17) is 0 Å². The summed E-state index contributed by atoms with van der Waals surface area (Å²) in [6.45, 7) is 62.6. The molecule has 3 unspecified atom stereocenters. The van der Waals surface area contributed by atoms with E-state index in [1.807, 2.05) is 132 Å². The zero-order chi connectivity index (χ0) is 100. The van der Waals surface area contributed by atoms with E-state index in [2.05, 4.69) is 124 Å². The van der Waals surface area contributed by atoms with E-state index < -0.39 is 0 Å². The van der Waals surface area contributed by atoms with Crippen LogP contribution in [0.4, 0.5) is 20.2 Å². The molecule has 8 aliphatic heterocycles. The Morgan fingerprint density at radius 3 is 1.26 bits per heavy atom. The van der Waals surface area contributed by atoms with E-state index in [0.717, 1.165) is 155 Å². The van der Waals surface area contributed by atoms with E-state index in [9.17, 15) is 47.1 Å². The standard InChI is InChI=1S/C16H24N2O.2C14H19FN2O.C14H26N2O.C14H28N2O.2C13H26N2O.C12H24N2O/c1-13(2)16(19)17-15-8-10-18(11-9-15)12-14-6-4-3-5-7-14;1-11(2)14(18)17-9-7-16(8-10-17)13-5-3-12(15)4-6-13;1-11(2)14(18)17-9-7-16(8-10-17)13-6-4-3-5-12(13)15;1-12(2)14(17)16-10-6-13(7-11-16)15-8-4-3-5-9-15;1-11(2)14(17)15-9-6-10-16-12(3)7-5-8-13(16)4;1-11(2)13(16)14-9-10-15(3)12-7-5-4-6-8-12;1-12(2)13(16)14-8-7-11-15-9-5-3-4-6-10-15;1-10(2)12(15)13-7-9-14-8-5-4-6-11(14)3/h3-7,13,15H,8-12H2,1-2H3,(H,17,19);2*3-6,11H,7-10H2,1-2H3;12-13H,3-11H2,1-2H3;11-13H,5-10H2,1-4H3,(H,15,17);11-12H,4-10H2,1-3H3,(H,14,16);12H,3-11H2,1-2H3,(H,14,16);10-11H,4-9H2,1-3H3,(H,13,15). The Bertz CT molecular complexity index is 3740. The molecule has 774 valence electrons. The fourth-order valence-electron chi connectivity index (χ4n) is 18.9. The van der Waals surface area contributed by atoms with Gasteiger partial charge >= 0.3 is 0 Å². The molecule has 0 aromatic heterocycles. The highest BCUT2D eigenvalue weighted by molar-refractivity contribution is 5.81. The predicted molar refractivity (Wildman–Crippen MR) is 557 cm³/mol. The van der Waals surface area contributed by atoms with Gasteiger partial charge in [-0.05, 0) is 212 Å². The largest absolute Gasteiger partial charge is 0.368 e. The lowest BCUT2D eigenvalue weighted by Gasteiger charge is -2.40. The van der Waals surface area contributed by atoms with Crippen molar-refractivity contribution < 1.29 is 47.1 Å². The van der Waals surface area contributed by atoms with Gasteiger partial charge in [0, 0.05) is 220 Å². The van der Waals surface area contributed by atoms with Crippen molar-refractivity contribution in [3.63, 3.8) is 0 Å². The van der Waals surface area contributed by atoms with Gasteiger partial charge in [0.25, 0.3) is 0 Å². The van der Waals surface area contributed by atoms with Crippen molar-refractivity contribution in [3.8, 4) is 0 Å². The number of rotatable bonds is 29. The van der Waals surface area contributed by atoms with Crippen LogP contribution >= 0.6 is 0 Å². The molecule has 0 spiro atoms. The molecule has 3 aromatic carbocycles. The van der Waals surface area contributed by atoms with Crippen LogP contribution in [0.1, 0.15) is 291 Å². The number of nitrogens with one attached hydrogen (secondary N) is 5. The lowest BCUT2D eigenvalue weighted by Crippen LogP contribution is -2.50. The molecule has 0 bridgehead atoms. The predicted octanol–water partition coefficient (Wildman–Crippen LogP) is 16.9. The summed E-state index contributed by atoms with van der Waals surface area (Å²) in [6.07, 6.45) is 31.0. The quantitative estimate of drug-likeness (QED) is 0.0407. The molecule has 5 N–H and O–H groups in total. The van der Waals surface area contributed by atoms with Gasteiger partial charge in [-0.15, -0.1) is 0 Å². The van der Waals surface area contributed by atoms with Crippen LogP contribution in [0.15, 0.2) is 78.9 Å². The summed E-state index contributed by atoms with van der Waals surface area (Å²) in [5, 5.41) is 15.0. The van der Waals surface area contributed by atoms with Gasteiger partial charge in [-0.3, -0.25) is 53.1 Å². The summed E-state index contributed by atoms with van der Waals surface area (Å²) in [5.41, 5.74) is 3.02. The highest BCUT2D eigenvalue weighted by Crippen LogP contribution is 2.28. The molecular weight excluding hydrogens is 1710 g/mol. The summed E-state index contributed by atoms with van der Waals surface area (Å²) in [6, 6.07) is 27.8. The molecule has 8 saturated heterocycles. The second-order valence-electron chi connectivity index (χ2n) is 42.1. The van der Waals surface area contributed by atoms with Crippen molar-refractivity contribution >= 4 is 58.6 Å². The Hall–Kier alpha value is -7.36. The third kappa shape index (κ3) is 47.3. The molecule has 3 atom stereocenters. The number of hydrogen-bond donors (Lipinski definition) is 5. The zero-order valence-electron chi connectivity index (χ0n) is 88.9. The van der Waals surface area contributed by atoms with E-state index in [1.54, 1.807) is 24.3 Å². The number of para-hydroxylation sites is 1. The monoisotopic (exact) mass is 1900 g/mol. The highest BCUT2D eigenvalue weighted by Gasteiger charge is 2.32. The summed E-state index contributed by atoms with van der Waals surface area (Å²) in [4.78, 5) is 118. The smallest absolute Gasteiger partial charge is 0.225 e. The van der Waals surface area contributed by atoms with Crippen molar-refractivity contribution in [3.05, 3.63) is 96.1 Å². The second-order valence-corrected chi connectivity index (χ2v) is 42.1. The zero-order valence-corrected chi connectivity index (χ0v) is 88.9. The van der Waals surface area contributed by atoms with Gasteiger partial charge in [0.2, 0.25) is 47.3 Å². The lowest BCUT2D eigenvalue weighted by molar-refractivity contribution is -0.136. The Morgan fingerprint density at radius 1 is 0.360 bits per heavy atom. The van der Waals surface area contributed by atoms with Gasteiger partial charge in [0.15, 0.2) is 0 Å². The number of likely N-dealkylation sites (N-methyl/N-ethyl adjacent to an activating group) is 1. The number of anilines is 2. The Labute approximate surface area is 824 Å². The molecule has 1 saturated carbocycles. The minimum atomic E-state index is -0.215. The van der Waals surface area contributed by atoms with Gasteiger partial charge in [-0.2, -0.15) is 0 Å². The van der Waals surface area contributed by atoms with E-state index in [-0.39, 0.29) is 100 Å². The first-order valence-electron chi connectivity index (χ1n) is 53.6. The molecule has 12 rings (SSSR count). The topological polar surface area (TPSA) is 232 Å². The average molecular weight is 1900 g/mol. The minimum Gasteiger partial charge on any atom is -0.368 e. The van der Waals surface area contributed by atoms with Crippen LogP contribution < -0.4 is 36.4 Å². The maximum Gasteiger partial charge on any atom is 0.225 e. The normalized spacial score (nSPS) is 19.9. The Morgan fingerprint density at radius 2 is 0.779 bits per heavy atom. The fourth-order valence-corrected chi connectivity index (χ4v) is 18.9. The molecule has 24 nitrogen and oxygen atoms in total. The lowest BCUT2D eigenvalue weighted by atomic mass is 9.94. The molecule has 8 amide bonds. The van der Waals surface area contributed by atoms with Crippen LogP contribution in [-0.2, 0) is 44.9 Å². The van der Waals surface area contributed by atoms with Crippen LogP contribution in [0, 0.1) is 59.0 Å². The third-order valence-corrected chi connectivity index (χ3v) is 28.1.